The third-order valence-corrected chi connectivity index (χ3v) is 2.63. The highest BCUT2D eigenvalue weighted by molar-refractivity contribution is 4.99. The molecule has 1 fully saturated rings. The van der Waals surface area contributed by atoms with E-state index in [1.165, 1.54) is 0 Å². The van der Waals surface area contributed by atoms with Gasteiger partial charge in [-0.25, -0.2) is 4.39 Å². The molecule has 0 aromatic heterocycles. The normalized spacial score (nSPS) is 43.5. The molecule has 0 heterocycles. The minimum Gasteiger partial charge on any atom is -0.244 e. The lowest BCUT2D eigenvalue weighted by Gasteiger charge is -2.48. The number of alkyl halides is 1. The van der Waals surface area contributed by atoms with E-state index in [1.807, 2.05) is 13.8 Å². The average molecular weight is 116 g/mol. The van der Waals surface area contributed by atoms with Crippen molar-refractivity contribution in [3.63, 3.8) is 0 Å². The molecule has 0 radical (unpaired) electrons. The second kappa shape index (κ2) is 1.26. The molecule has 48 valence electrons. The summed E-state index contributed by atoms with van der Waals surface area (Å²) < 4.78 is 13.0. The highest BCUT2D eigenvalue weighted by Gasteiger charge is 2.49. The van der Waals surface area contributed by atoms with Crippen molar-refractivity contribution in [1.82, 2.24) is 0 Å². The van der Waals surface area contributed by atoms with Gasteiger partial charge in [-0.05, 0) is 25.2 Å². The van der Waals surface area contributed by atoms with E-state index in [-0.39, 0.29) is 5.41 Å². The molecule has 0 saturated heterocycles. The third-order valence-electron chi connectivity index (χ3n) is 2.63. The summed E-state index contributed by atoms with van der Waals surface area (Å²) in [5.41, 5.74) is -0.931. The molecule has 0 nitrogen and oxygen atoms in total. The highest BCUT2D eigenvalue weighted by Crippen LogP contribution is 2.51. The molecule has 8 heavy (non-hydrogen) atoms. The Bertz CT molecular complexity index is 89.0. The van der Waals surface area contributed by atoms with E-state index in [0.29, 0.717) is 0 Å². The van der Waals surface area contributed by atoms with Crippen LogP contribution in [0, 0.1) is 5.41 Å². The molecule has 0 bridgehead atoms. The molecule has 0 amide bonds. The molecule has 0 N–H and O–H groups in total. The Labute approximate surface area is 50.1 Å². The summed E-state index contributed by atoms with van der Waals surface area (Å²) >= 11 is 0. The van der Waals surface area contributed by atoms with Crippen molar-refractivity contribution in [2.24, 2.45) is 5.41 Å². The quantitative estimate of drug-likeness (QED) is 0.456. The van der Waals surface area contributed by atoms with Gasteiger partial charge in [-0.3, -0.25) is 0 Å². The number of hydrogen-bond acceptors (Lipinski definition) is 0. The molecule has 1 heteroatoms. The maximum atomic E-state index is 13.0. The van der Waals surface area contributed by atoms with E-state index in [9.17, 15) is 4.39 Å². The van der Waals surface area contributed by atoms with Crippen LogP contribution in [-0.2, 0) is 0 Å². The van der Waals surface area contributed by atoms with E-state index in [4.69, 9.17) is 0 Å². The van der Waals surface area contributed by atoms with Crippen LogP contribution in [0.4, 0.5) is 4.39 Å². The van der Waals surface area contributed by atoms with Crippen LogP contribution in [0.5, 0.6) is 0 Å². The van der Waals surface area contributed by atoms with Crippen LogP contribution >= 0.6 is 0 Å². The fourth-order valence-electron chi connectivity index (χ4n) is 0.969. The summed E-state index contributed by atoms with van der Waals surface area (Å²) in [6, 6.07) is 0. The molecule has 0 spiro atoms. The Morgan fingerprint density at radius 3 is 1.50 bits per heavy atom. The van der Waals surface area contributed by atoms with Crippen LogP contribution in [0.3, 0.4) is 0 Å². The first-order chi connectivity index (χ1) is 3.46. The second-order valence-corrected chi connectivity index (χ2v) is 3.58. The monoisotopic (exact) mass is 116 g/mol. The van der Waals surface area contributed by atoms with Gasteiger partial charge in [0.1, 0.15) is 5.67 Å². The molecule has 1 atom stereocenters. The topological polar surface area (TPSA) is 0 Å². The summed E-state index contributed by atoms with van der Waals surface area (Å²) in [7, 11) is 0. The van der Waals surface area contributed by atoms with Crippen molar-refractivity contribution in [2.75, 3.05) is 0 Å². The van der Waals surface area contributed by atoms with Gasteiger partial charge in [0, 0.05) is 0 Å². The molecule has 0 aromatic rings. The third kappa shape index (κ3) is 0.568. The largest absolute Gasteiger partial charge is 0.244 e. The van der Waals surface area contributed by atoms with Gasteiger partial charge in [0.2, 0.25) is 0 Å². The molecular weight excluding hydrogens is 103 g/mol. The number of rotatable bonds is 0. The molecule has 1 unspecified atom stereocenters. The lowest BCUT2D eigenvalue weighted by Crippen LogP contribution is -2.47. The van der Waals surface area contributed by atoms with Crippen molar-refractivity contribution in [3.8, 4) is 0 Å². The zero-order valence-electron chi connectivity index (χ0n) is 5.79. The molecular formula is C7H13F. The molecule has 1 saturated carbocycles. The SMILES string of the molecule is CC1(C)CCC1(C)F. The summed E-state index contributed by atoms with van der Waals surface area (Å²) in [5, 5.41) is 0. The molecule has 0 aliphatic heterocycles. The number of halogens is 1. The fraction of sp³-hybridized carbons (Fsp3) is 1.00. The Kier molecular flexibility index (Phi) is 0.951. The van der Waals surface area contributed by atoms with Crippen molar-refractivity contribution < 1.29 is 4.39 Å². The van der Waals surface area contributed by atoms with E-state index in [1.54, 1.807) is 6.92 Å². The maximum absolute atomic E-state index is 13.0. The van der Waals surface area contributed by atoms with Crippen LogP contribution in [0.25, 0.3) is 0 Å². The Balaban J connectivity index is 2.63. The Morgan fingerprint density at radius 1 is 1.12 bits per heavy atom. The smallest absolute Gasteiger partial charge is 0.113 e. The van der Waals surface area contributed by atoms with Crippen LogP contribution in [0.1, 0.15) is 33.6 Å². The van der Waals surface area contributed by atoms with Crippen LogP contribution in [-0.4, -0.2) is 5.67 Å². The lowest BCUT2D eigenvalue weighted by molar-refractivity contribution is -0.0656. The first kappa shape index (κ1) is 6.06. The average Bonchev–Trinajstić information content (AvgIpc) is 1.64. The van der Waals surface area contributed by atoms with Crippen LogP contribution in [0.2, 0.25) is 0 Å². The predicted molar refractivity (Wildman–Crippen MR) is 32.5 cm³/mol. The van der Waals surface area contributed by atoms with Gasteiger partial charge in [0.05, 0.1) is 0 Å². The lowest BCUT2D eigenvalue weighted by atomic mass is 9.61. The zero-order chi connectivity index (χ0) is 6.41. The molecule has 1 aliphatic carbocycles. The predicted octanol–water partition coefficient (Wildman–Crippen LogP) is 2.53. The second-order valence-electron chi connectivity index (χ2n) is 3.58. The molecule has 1 rings (SSSR count). The van der Waals surface area contributed by atoms with Gasteiger partial charge in [0.15, 0.2) is 0 Å². The van der Waals surface area contributed by atoms with E-state index in [0.717, 1.165) is 12.8 Å². The van der Waals surface area contributed by atoms with Crippen molar-refractivity contribution in [3.05, 3.63) is 0 Å². The van der Waals surface area contributed by atoms with E-state index in [2.05, 4.69) is 0 Å². The summed E-state index contributed by atoms with van der Waals surface area (Å²) in [5.74, 6) is 0. The van der Waals surface area contributed by atoms with Gasteiger partial charge < -0.3 is 0 Å². The zero-order valence-corrected chi connectivity index (χ0v) is 5.79. The molecule has 0 aromatic carbocycles. The van der Waals surface area contributed by atoms with E-state index < -0.39 is 5.67 Å². The summed E-state index contributed by atoms with van der Waals surface area (Å²) in [4.78, 5) is 0. The van der Waals surface area contributed by atoms with Gasteiger partial charge in [0.25, 0.3) is 0 Å². The van der Waals surface area contributed by atoms with Gasteiger partial charge in [-0.2, -0.15) is 0 Å². The Hall–Kier alpha value is -0.0700. The van der Waals surface area contributed by atoms with Crippen LogP contribution in [0.15, 0.2) is 0 Å². The minimum atomic E-state index is -0.882. The van der Waals surface area contributed by atoms with Crippen molar-refractivity contribution in [1.29, 1.82) is 0 Å². The van der Waals surface area contributed by atoms with Crippen molar-refractivity contribution >= 4 is 0 Å². The maximum Gasteiger partial charge on any atom is 0.113 e. The van der Waals surface area contributed by atoms with Crippen molar-refractivity contribution in [2.45, 2.75) is 39.3 Å². The Morgan fingerprint density at radius 2 is 1.50 bits per heavy atom. The minimum absolute atomic E-state index is 0.0486. The fourth-order valence-corrected chi connectivity index (χ4v) is 0.969. The summed E-state index contributed by atoms with van der Waals surface area (Å²) in [6.07, 6.45) is 1.79. The van der Waals surface area contributed by atoms with Crippen LogP contribution < -0.4 is 0 Å². The van der Waals surface area contributed by atoms with Gasteiger partial charge >= 0.3 is 0 Å². The van der Waals surface area contributed by atoms with Gasteiger partial charge in [-0.15, -0.1) is 0 Å². The van der Waals surface area contributed by atoms with E-state index >= 15 is 0 Å². The summed E-state index contributed by atoms with van der Waals surface area (Å²) in [6.45, 7) is 5.66. The number of hydrogen-bond donors (Lipinski definition) is 0. The first-order valence-electron chi connectivity index (χ1n) is 3.15. The highest BCUT2D eigenvalue weighted by atomic mass is 19.1. The first-order valence-corrected chi connectivity index (χ1v) is 3.15. The standard InChI is InChI=1S/C7H13F/c1-6(2)4-5-7(6,3)8/h4-5H2,1-3H3. The van der Waals surface area contributed by atoms with Gasteiger partial charge in [-0.1, -0.05) is 13.8 Å². The molecule has 1 aliphatic rings.